The van der Waals surface area contributed by atoms with Gasteiger partial charge in [0.25, 0.3) is 0 Å². The summed E-state index contributed by atoms with van der Waals surface area (Å²) in [4.78, 5) is 11.8. The Hall–Kier alpha value is -0.810. The highest BCUT2D eigenvalue weighted by Crippen LogP contribution is 2.37. The Balaban J connectivity index is 2.41. The number of rotatable bonds is 5. The Labute approximate surface area is 109 Å². The molecule has 2 amide bonds. The number of methoxy groups -OCH3 is 1. The fourth-order valence-electron chi connectivity index (χ4n) is 2.24. The number of urea groups is 1. The fraction of sp³-hybridized carbons (Fsp3) is 0.923. The van der Waals surface area contributed by atoms with Gasteiger partial charge in [-0.2, -0.15) is 0 Å². The van der Waals surface area contributed by atoms with Crippen molar-refractivity contribution >= 4 is 6.03 Å². The van der Waals surface area contributed by atoms with Crippen molar-refractivity contribution in [3.05, 3.63) is 0 Å². The van der Waals surface area contributed by atoms with E-state index in [-0.39, 0.29) is 29.7 Å². The zero-order valence-electron chi connectivity index (χ0n) is 11.9. The molecule has 5 heteroatoms. The fourth-order valence-corrected chi connectivity index (χ4v) is 2.24. The third-order valence-corrected chi connectivity index (χ3v) is 3.98. The number of ether oxygens (including phenoxy) is 1. The Kier molecular flexibility index (Phi) is 4.99. The Morgan fingerprint density at radius 2 is 2.22 bits per heavy atom. The van der Waals surface area contributed by atoms with Gasteiger partial charge in [-0.05, 0) is 26.7 Å². The van der Waals surface area contributed by atoms with Gasteiger partial charge < -0.3 is 20.5 Å². The lowest BCUT2D eigenvalue weighted by molar-refractivity contribution is 0.0251. The van der Waals surface area contributed by atoms with Crippen LogP contribution in [0.1, 0.15) is 40.0 Å². The van der Waals surface area contributed by atoms with Gasteiger partial charge in [0.1, 0.15) is 0 Å². The Bertz CT molecular complexity index is 294. The lowest BCUT2D eigenvalue weighted by atomic mass is 9.86. The van der Waals surface area contributed by atoms with E-state index in [9.17, 15) is 9.90 Å². The van der Waals surface area contributed by atoms with Gasteiger partial charge in [0, 0.05) is 25.1 Å². The van der Waals surface area contributed by atoms with E-state index in [1.165, 1.54) is 0 Å². The molecule has 2 atom stereocenters. The van der Waals surface area contributed by atoms with Crippen LogP contribution in [0.4, 0.5) is 4.79 Å². The highest BCUT2D eigenvalue weighted by molar-refractivity contribution is 5.74. The van der Waals surface area contributed by atoms with E-state index in [1.807, 2.05) is 20.8 Å². The zero-order chi connectivity index (χ0) is 13.8. The molecular formula is C13H26N2O3. The van der Waals surface area contributed by atoms with Gasteiger partial charge in [0.2, 0.25) is 0 Å². The van der Waals surface area contributed by atoms with Crippen molar-refractivity contribution in [1.29, 1.82) is 0 Å². The number of nitrogens with one attached hydrogen (secondary N) is 2. The Morgan fingerprint density at radius 3 is 2.78 bits per heavy atom. The van der Waals surface area contributed by atoms with E-state index < -0.39 is 0 Å². The predicted molar refractivity (Wildman–Crippen MR) is 70.5 cm³/mol. The second kappa shape index (κ2) is 5.89. The molecule has 0 saturated heterocycles. The smallest absolute Gasteiger partial charge is 0.315 e. The van der Waals surface area contributed by atoms with Crippen LogP contribution in [-0.4, -0.2) is 43.0 Å². The average molecular weight is 258 g/mol. The second-order valence-corrected chi connectivity index (χ2v) is 6.05. The van der Waals surface area contributed by atoms with Gasteiger partial charge in [0.15, 0.2) is 0 Å². The van der Waals surface area contributed by atoms with Crippen LogP contribution in [0.15, 0.2) is 0 Å². The summed E-state index contributed by atoms with van der Waals surface area (Å²) < 4.78 is 5.24. The van der Waals surface area contributed by atoms with E-state index >= 15 is 0 Å². The molecule has 0 aliphatic heterocycles. The number of carbonyl (C=O) groups is 1. The first-order valence-corrected chi connectivity index (χ1v) is 6.53. The van der Waals surface area contributed by atoms with Crippen LogP contribution in [0.5, 0.6) is 0 Å². The van der Waals surface area contributed by atoms with Crippen LogP contribution in [0.3, 0.4) is 0 Å². The van der Waals surface area contributed by atoms with Crippen molar-refractivity contribution in [2.45, 2.75) is 51.7 Å². The molecule has 5 nitrogen and oxygen atoms in total. The van der Waals surface area contributed by atoms with Crippen molar-refractivity contribution in [3.8, 4) is 0 Å². The molecule has 0 bridgehead atoms. The van der Waals surface area contributed by atoms with Gasteiger partial charge >= 0.3 is 6.03 Å². The average Bonchev–Trinajstić information content (AvgIpc) is 2.69. The minimum absolute atomic E-state index is 0.0492. The maximum atomic E-state index is 11.8. The highest BCUT2D eigenvalue weighted by Gasteiger charge is 2.39. The first-order valence-electron chi connectivity index (χ1n) is 6.53. The second-order valence-electron chi connectivity index (χ2n) is 6.05. The highest BCUT2D eigenvalue weighted by atomic mass is 16.5. The summed E-state index contributed by atoms with van der Waals surface area (Å²) in [5.74, 6) is 0. The SMILES string of the molecule is COC(C)(C)CNC(=O)NC1CCCC1(C)CO. The van der Waals surface area contributed by atoms with E-state index in [0.717, 1.165) is 19.3 Å². The largest absolute Gasteiger partial charge is 0.396 e. The quantitative estimate of drug-likeness (QED) is 0.695. The van der Waals surface area contributed by atoms with E-state index in [4.69, 9.17) is 4.74 Å². The van der Waals surface area contributed by atoms with Gasteiger partial charge in [-0.15, -0.1) is 0 Å². The van der Waals surface area contributed by atoms with Crippen molar-refractivity contribution in [3.63, 3.8) is 0 Å². The summed E-state index contributed by atoms with van der Waals surface area (Å²) in [5, 5.41) is 15.2. The van der Waals surface area contributed by atoms with Crippen LogP contribution in [0, 0.1) is 5.41 Å². The summed E-state index contributed by atoms with van der Waals surface area (Å²) in [6.45, 7) is 6.42. The van der Waals surface area contributed by atoms with Crippen LogP contribution in [0.25, 0.3) is 0 Å². The molecule has 0 spiro atoms. The lowest BCUT2D eigenvalue weighted by Crippen LogP contribution is -2.51. The summed E-state index contributed by atoms with van der Waals surface area (Å²) >= 11 is 0. The third-order valence-electron chi connectivity index (χ3n) is 3.98. The predicted octanol–water partition coefficient (Wildman–Crippen LogP) is 1.26. The maximum absolute atomic E-state index is 11.8. The molecule has 1 saturated carbocycles. The first-order chi connectivity index (χ1) is 8.33. The Morgan fingerprint density at radius 1 is 1.56 bits per heavy atom. The molecule has 0 aromatic carbocycles. The zero-order valence-corrected chi connectivity index (χ0v) is 11.9. The van der Waals surface area contributed by atoms with Crippen molar-refractivity contribution in [2.75, 3.05) is 20.3 Å². The molecule has 1 aliphatic rings. The topological polar surface area (TPSA) is 70.6 Å². The number of amides is 2. The molecule has 3 N–H and O–H groups in total. The van der Waals surface area contributed by atoms with Crippen molar-refractivity contribution in [1.82, 2.24) is 10.6 Å². The molecule has 106 valence electrons. The summed E-state index contributed by atoms with van der Waals surface area (Å²) in [5.41, 5.74) is -0.554. The summed E-state index contributed by atoms with van der Waals surface area (Å²) in [6.07, 6.45) is 2.93. The molecule has 0 aromatic heterocycles. The number of aliphatic hydroxyl groups excluding tert-OH is 1. The van der Waals surface area contributed by atoms with E-state index in [2.05, 4.69) is 10.6 Å². The van der Waals surface area contributed by atoms with Gasteiger partial charge in [-0.1, -0.05) is 13.3 Å². The number of aliphatic hydroxyl groups is 1. The van der Waals surface area contributed by atoms with Crippen LogP contribution >= 0.6 is 0 Å². The molecule has 2 unspecified atom stereocenters. The van der Waals surface area contributed by atoms with Crippen LogP contribution < -0.4 is 10.6 Å². The minimum Gasteiger partial charge on any atom is -0.396 e. The lowest BCUT2D eigenvalue weighted by Gasteiger charge is -2.30. The molecule has 0 aromatic rings. The van der Waals surface area contributed by atoms with Crippen LogP contribution in [0.2, 0.25) is 0 Å². The number of hydrogen-bond donors (Lipinski definition) is 3. The van der Waals surface area contributed by atoms with Gasteiger partial charge in [-0.25, -0.2) is 4.79 Å². The molecule has 1 fully saturated rings. The molecular weight excluding hydrogens is 232 g/mol. The molecule has 0 heterocycles. The first kappa shape index (κ1) is 15.2. The molecule has 0 radical (unpaired) electrons. The van der Waals surface area contributed by atoms with E-state index in [1.54, 1.807) is 7.11 Å². The van der Waals surface area contributed by atoms with Crippen molar-refractivity contribution in [2.24, 2.45) is 5.41 Å². The molecule has 18 heavy (non-hydrogen) atoms. The molecule has 1 rings (SSSR count). The number of hydrogen-bond acceptors (Lipinski definition) is 3. The van der Waals surface area contributed by atoms with Crippen molar-refractivity contribution < 1.29 is 14.6 Å². The van der Waals surface area contributed by atoms with E-state index in [0.29, 0.717) is 6.54 Å². The standard InChI is InChI=1S/C13H26N2O3/c1-12(2,18-4)8-14-11(17)15-10-6-5-7-13(10,3)9-16/h10,16H,5-9H2,1-4H3,(H2,14,15,17). The summed E-state index contributed by atoms with van der Waals surface area (Å²) in [6, 6.07) is -0.139. The number of carbonyl (C=O) groups excluding carboxylic acids is 1. The minimum atomic E-state index is -0.368. The maximum Gasteiger partial charge on any atom is 0.315 e. The molecule has 1 aliphatic carbocycles. The third kappa shape index (κ3) is 3.85. The van der Waals surface area contributed by atoms with Gasteiger partial charge in [0.05, 0.1) is 12.2 Å². The monoisotopic (exact) mass is 258 g/mol. The summed E-state index contributed by atoms with van der Waals surface area (Å²) in [7, 11) is 1.62. The van der Waals surface area contributed by atoms with Gasteiger partial charge in [-0.3, -0.25) is 0 Å². The van der Waals surface area contributed by atoms with Crippen LogP contribution in [-0.2, 0) is 4.74 Å². The normalized spacial score (nSPS) is 28.2.